The van der Waals surface area contributed by atoms with Crippen LogP contribution in [0.5, 0.6) is 5.75 Å². The van der Waals surface area contributed by atoms with Crippen molar-refractivity contribution in [3.05, 3.63) is 63.6 Å². The quantitative estimate of drug-likeness (QED) is 0.831. The predicted octanol–water partition coefficient (Wildman–Crippen LogP) is 0.936. The number of carbonyl (C=O) groups excluding carboxylic acids is 1. The van der Waals surface area contributed by atoms with Gasteiger partial charge in [-0.05, 0) is 36.8 Å². The molecule has 2 rings (SSSR count). The van der Waals surface area contributed by atoms with E-state index in [9.17, 15) is 9.59 Å². The van der Waals surface area contributed by atoms with Crippen molar-refractivity contribution in [3.8, 4) is 5.75 Å². The number of hydrogen-bond donors (Lipinski definition) is 2. The molecule has 0 spiro atoms. The second-order valence-electron chi connectivity index (χ2n) is 5.08. The molecule has 0 saturated heterocycles. The van der Waals surface area contributed by atoms with Crippen molar-refractivity contribution in [1.29, 1.82) is 0 Å². The Morgan fingerprint density at radius 1 is 1.30 bits per heavy atom. The number of nitrogens with one attached hydrogen (secondary N) is 1. The molecule has 1 aromatic heterocycles. The fourth-order valence-electron chi connectivity index (χ4n) is 2.25. The Kier molecular flexibility index (Phi) is 5.54. The molecule has 6 heteroatoms. The number of pyridine rings is 1. The fraction of sp³-hybridized carbons (Fsp3) is 0.294. The summed E-state index contributed by atoms with van der Waals surface area (Å²) in [5, 5.41) is 11.3. The van der Waals surface area contributed by atoms with Gasteiger partial charge in [0, 0.05) is 12.7 Å². The highest BCUT2D eigenvalue weighted by Gasteiger charge is 2.12. The van der Waals surface area contributed by atoms with Crippen molar-refractivity contribution in [1.82, 2.24) is 9.88 Å². The van der Waals surface area contributed by atoms with Crippen molar-refractivity contribution in [2.75, 3.05) is 20.3 Å². The normalized spacial score (nSPS) is 10.4. The maximum Gasteiger partial charge on any atom is 0.263 e. The molecule has 1 amide bonds. The van der Waals surface area contributed by atoms with E-state index in [1.165, 1.54) is 13.1 Å². The SMILES string of the molecule is CNC(=O)c1ccc(C)n(Cc2cccc(OCCO)c2)c1=O. The highest BCUT2D eigenvalue weighted by atomic mass is 16.5. The van der Waals surface area contributed by atoms with Crippen LogP contribution < -0.4 is 15.6 Å². The van der Waals surface area contributed by atoms with Gasteiger partial charge >= 0.3 is 0 Å². The van der Waals surface area contributed by atoms with Gasteiger partial charge in [-0.2, -0.15) is 0 Å². The third-order valence-corrected chi connectivity index (χ3v) is 3.46. The van der Waals surface area contributed by atoms with Crippen LogP contribution in [0.3, 0.4) is 0 Å². The number of carbonyl (C=O) groups is 1. The van der Waals surface area contributed by atoms with E-state index in [1.54, 1.807) is 16.7 Å². The molecule has 1 aromatic carbocycles. The number of nitrogens with zero attached hydrogens (tertiary/aromatic N) is 1. The minimum Gasteiger partial charge on any atom is -0.491 e. The van der Waals surface area contributed by atoms with E-state index in [4.69, 9.17) is 9.84 Å². The van der Waals surface area contributed by atoms with E-state index in [-0.39, 0.29) is 24.3 Å². The highest BCUT2D eigenvalue weighted by molar-refractivity contribution is 5.93. The summed E-state index contributed by atoms with van der Waals surface area (Å²) in [6, 6.07) is 10.6. The van der Waals surface area contributed by atoms with Crippen LogP contribution in [0.1, 0.15) is 21.6 Å². The molecule has 2 aromatic rings. The van der Waals surface area contributed by atoms with Crippen LogP contribution >= 0.6 is 0 Å². The molecular weight excluding hydrogens is 296 g/mol. The van der Waals surface area contributed by atoms with Crippen molar-refractivity contribution < 1.29 is 14.6 Å². The first-order valence-corrected chi connectivity index (χ1v) is 7.32. The Morgan fingerprint density at radius 3 is 2.78 bits per heavy atom. The van der Waals surface area contributed by atoms with Crippen molar-refractivity contribution in [3.63, 3.8) is 0 Å². The lowest BCUT2D eigenvalue weighted by Crippen LogP contribution is -2.32. The Labute approximate surface area is 134 Å². The average Bonchev–Trinajstić information content (AvgIpc) is 2.56. The van der Waals surface area contributed by atoms with Gasteiger partial charge in [0.2, 0.25) is 0 Å². The van der Waals surface area contributed by atoms with Gasteiger partial charge in [0.25, 0.3) is 11.5 Å². The monoisotopic (exact) mass is 316 g/mol. The lowest BCUT2D eigenvalue weighted by Gasteiger charge is -2.13. The topological polar surface area (TPSA) is 80.6 Å². The number of hydrogen-bond acceptors (Lipinski definition) is 4. The zero-order chi connectivity index (χ0) is 16.8. The predicted molar refractivity (Wildman–Crippen MR) is 87.0 cm³/mol. The lowest BCUT2D eigenvalue weighted by molar-refractivity contribution is 0.0961. The smallest absolute Gasteiger partial charge is 0.263 e. The molecule has 0 aliphatic heterocycles. The van der Waals surface area contributed by atoms with E-state index < -0.39 is 5.91 Å². The van der Waals surface area contributed by atoms with Gasteiger partial charge in [0.1, 0.15) is 17.9 Å². The molecule has 0 saturated carbocycles. The van der Waals surface area contributed by atoms with Gasteiger partial charge in [0.05, 0.1) is 13.2 Å². The largest absolute Gasteiger partial charge is 0.491 e. The van der Waals surface area contributed by atoms with Crippen molar-refractivity contribution >= 4 is 5.91 Å². The number of aliphatic hydroxyl groups excluding tert-OH is 1. The molecule has 0 bridgehead atoms. The number of aliphatic hydroxyl groups is 1. The summed E-state index contributed by atoms with van der Waals surface area (Å²) in [4.78, 5) is 24.2. The van der Waals surface area contributed by atoms with Gasteiger partial charge in [-0.25, -0.2) is 0 Å². The molecule has 0 fully saturated rings. The summed E-state index contributed by atoms with van der Waals surface area (Å²) in [7, 11) is 1.49. The van der Waals surface area contributed by atoms with Crippen LogP contribution in [0.2, 0.25) is 0 Å². The second kappa shape index (κ2) is 7.60. The molecule has 122 valence electrons. The summed E-state index contributed by atoms with van der Waals surface area (Å²) >= 11 is 0. The molecule has 0 radical (unpaired) electrons. The number of benzene rings is 1. The maximum atomic E-state index is 12.5. The van der Waals surface area contributed by atoms with Crippen LogP contribution in [0, 0.1) is 6.92 Å². The first-order valence-electron chi connectivity index (χ1n) is 7.32. The van der Waals surface area contributed by atoms with Gasteiger partial charge in [-0.3, -0.25) is 9.59 Å². The molecule has 23 heavy (non-hydrogen) atoms. The van der Waals surface area contributed by atoms with Gasteiger partial charge < -0.3 is 19.7 Å². The van der Waals surface area contributed by atoms with E-state index in [0.29, 0.717) is 12.3 Å². The summed E-state index contributed by atoms with van der Waals surface area (Å²) in [6.07, 6.45) is 0. The van der Waals surface area contributed by atoms with Crippen LogP contribution in [0.15, 0.2) is 41.2 Å². The maximum absolute atomic E-state index is 12.5. The average molecular weight is 316 g/mol. The molecule has 0 aliphatic rings. The van der Waals surface area contributed by atoms with Gasteiger partial charge in [0.15, 0.2) is 0 Å². The van der Waals surface area contributed by atoms with Gasteiger partial charge in [-0.15, -0.1) is 0 Å². The second-order valence-corrected chi connectivity index (χ2v) is 5.08. The zero-order valence-corrected chi connectivity index (χ0v) is 13.2. The highest BCUT2D eigenvalue weighted by Crippen LogP contribution is 2.14. The third-order valence-electron chi connectivity index (χ3n) is 3.46. The summed E-state index contributed by atoms with van der Waals surface area (Å²) in [6.45, 7) is 2.32. The summed E-state index contributed by atoms with van der Waals surface area (Å²) < 4.78 is 6.92. The zero-order valence-electron chi connectivity index (χ0n) is 13.2. The fourth-order valence-corrected chi connectivity index (χ4v) is 2.25. The molecule has 0 unspecified atom stereocenters. The Morgan fingerprint density at radius 2 is 2.09 bits per heavy atom. The first kappa shape index (κ1) is 16.8. The van der Waals surface area contributed by atoms with Crippen LogP contribution in [-0.4, -0.2) is 35.8 Å². The minimum absolute atomic E-state index is 0.0586. The van der Waals surface area contributed by atoms with E-state index >= 15 is 0 Å². The van der Waals surface area contributed by atoms with E-state index in [1.807, 2.05) is 25.1 Å². The van der Waals surface area contributed by atoms with E-state index in [0.717, 1.165) is 11.3 Å². The Hall–Kier alpha value is -2.60. The molecule has 0 atom stereocenters. The minimum atomic E-state index is -0.399. The van der Waals surface area contributed by atoms with Gasteiger partial charge in [-0.1, -0.05) is 12.1 Å². The summed E-state index contributed by atoms with van der Waals surface area (Å²) in [5.74, 6) is 0.230. The standard InChI is InChI=1S/C17H20N2O4/c1-12-6-7-15(16(21)18-2)17(22)19(12)11-13-4-3-5-14(10-13)23-9-8-20/h3-7,10,20H,8-9,11H2,1-2H3,(H,18,21). The van der Waals surface area contributed by atoms with Crippen molar-refractivity contribution in [2.24, 2.45) is 0 Å². The number of aryl methyl sites for hydroxylation is 1. The Bertz CT molecular complexity index is 752. The molecular formula is C17H20N2O4. The number of amides is 1. The van der Waals surface area contributed by atoms with Crippen LogP contribution in [0.25, 0.3) is 0 Å². The Balaban J connectivity index is 2.33. The van der Waals surface area contributed by atoms with Crippen LogP contribution in [0.4, 0.5) is 0 Å². The van der Waals surface area contributed by atoms with E-state index in [2.05, 4.69) is 5.32 Å². The van der Waals surface area contributed by atoms with Crippen molar-refractivity contribution in [2.45, 2.75) is 13.5 Å². The molecule has 2 N–H and O–H groups in total. The number of aromatic nitrogens is 1. The number of ether oxygens (including phenoxy) is 1. The molecule has 6 nitrogen and oxygen atoms in total. The summed E-state index contributed by atoms with van der Waals surface area (Å²) in [5.41, 5.74) is 1.43. The molecule has 1 heterocycles. The van der Waals surface area contributed by atoms with Crippen LogP contribution in [-0.2, 0) is 6.54 Å². The lowest BCUT2D eigenvalue weighted by atomic mass is 10.2. The molecule has 0 aliphatic carbocycles. The number of rotatable bonds is 6. The third kappa shape index (κ3) is 3.98. The first-order chi connectivity index (χ1) is 11.1.